The molecule has 1 aromatic heterocycles. The Hall–Kier alpha value is -1.31. The molecule has 1 aliphatic rings. The summed E-state index contributed by atoms with van der Waals surface area (Å²) in [5, 5.41) is 0. The van der Waals surface area contributed by atoms with Crippen molar-refractivity contribution in [2.45, 2.75) is 6.18 Å². The monoisotopic (exact) mass is 279 g/mol. The lowest BCUT2D eigenvalue weighted by atomic mass is 10.2. The number of aromatic nitrogens is 1. The van der Waals surface area contributed by atoms with Crippen LogP contribution < -0.4 is 10.6 Å². The number of rotatable bonds is 1. The van der Waals surface area contributed by atoms with E-state index in [1.165, 1.54) is 0 Å². The number of anilines is 2. The molecule has 8 heteroatoms. The zero-order valence-electron chi connectivity index (χ0n) is 9.41. The second kappa shape index (κ2) is 4.75. The van der Waals surface area contributed by atoms with Gasteiger partial charge in [-0.25, -0.2) is 4.98 Å². The van der Waals surface area contributed by atoms with Crippen LogP contribution in [0.1, 0.15) is 5.56 Å². The van der Waals surface area contributed by atoms with Gasteiger partial charge in [0.1, 0.15) is 11.6 Å². The number of nitrogens with two attached hydrogens (primary N) is 1. The molecule has 0 atom stereocenters. The van der Waals surface area contributed by atoms with E-state index in [4.69, 9.17) is 5.73 Å². The number of hydrogen-bond acceptors (Lipinski definition) is 4. The first-order valence-corrected chi connectivity index (χ1v) is 6.80. The Morgan fingerprint density at radius 1 is 1.28 bits per heavy atom. The Labute approximate surface area is 104 Å². The molecule has 2 heterocycles. The molecule has 1 aliphatic heterocycles. The van der Waals surface area contributed by atoms with Crippen molar-refractivity contribution in [2.75, 3.05) is 35.2 Å². The molecule has 1 saturated heterocycles. The predicted octanol–water partition coefficient (Wildman–Crippen LogP) is 1.25. The van der Waals surface area contributed by atoms with Crippen LogP contribution >= 0.6 is 0 Å². The highest BCUT2D eigenvalue weighted by molar-refractivity contribution is 7.85. The zero-order chi connectivity index (χ0) is 13.3. The lowest BCUT2D eigenvalue weighted by Gasteiger charge is -2.28. The SMILES string of the molecule is Nc1cc(C(F)(F)F)cc(N2CCS(=O)CC2)n1. The molecule has 0 bridgehead atoms. The average Bonchev–Trinajstić information content (AvgIpc) is 2.28. The first-order chi connectivity index (χ1) is 8.36. The number of hydrogen-bond donors (Lipinski definition) is 1. The van der Waals surface area contributed by atoms with Gasteiger partial charge in [0.25, 0.3) is 0 Å². The van der Waals surface area contributed by atoms with Crippen molar-refractivity contribution < 1.29 is 17.4 Å². The van der Waals surface area contributed by atoms with Gasteiger partial charge in [-0.1, -0.05) is 0 Å². The first kappa shape index (κ1) is 13.1. The predicted molar refractivity (Wildman–Crippen MR) is 63.7 cm³/mol. The Morgan fingerprint density at radius 2 is 1.89 bits per heavy atom. The quantitative estimate of drug-likeness (QED) is 0.840. The fourth-order valence-electron chi connectivity index (χ4n) is 1.73. The Morgan fingerprint density at radius 3 is 2.44 bits per heavy atom. The minimum absolute atomic E-state index is 0.161. The first-order valence-electron chi connectivity index (χ1n) is 5.31. The average molecular weight is 279 g/mol. The Bertz CT molecular complexity index is 468. The summed E-state index contributed by atoms with van der Waals surface area (Å²) in [7, 11) is -0.885. The maximum atomic E-state index is 12.6. The number of halogens is 3. The van der Waals surface area contributed by atoms with Gasteiger partial charge in [-0.3, -0.25) is 4.21 Å². The van der Waals surface area contributed by atoms with Gasteiger partial charge in [-0.05, 0) is 12.1 Å². The molecule has 0 aromatic carbocycles. The molecule has 1 aromatic rings. The summed E-state index contributed by atoms with van der Waals surface area (Å²) >= 11 is 0. The second-order valence-electron chi connectivity index (χ2n) is 3.97. The molecule has 4 nitrogen and oxygen atoms in total. The van der Waals surface area contributed by atoms with E-state index < -0.39 is 22.5 Å². The molecule has 1 fully saturated rings. The second-order valence-corrected chi connectivity index (χ2v) is 5.67. The standard InChI is InChI=1S/C10H12F3N3OS/c11-10(12,13)7-5-8(14)15-9(6-7)16-1-3-18(17)4-2-16/h5-6H,1-4H2,(H2,14,15). The summed E-state index contributed by atoms with van der Waals surface area (Å²) in [4.78, 5) is 5.57. The smallest absolute Gasteiger partial charge is 0.384 e. The number of alkyl halides is 3. The van der Waals surface area contributed by atoms with Gasteiger partial charge in [-0.2, -0.15) is 13.2 Å². The number of nitrogen functional groups attached to an aromatic ring is 1. The molecule has 2 N–H and O–H groups in total. The van der Waals surface area contributed by atoms with Gasteiger partial charge < -0.3 is 10.6 Å². The van der Waals surface area contributed by atoms with Crippen LogP contribution in [-0.4, -0.2) is 33.8 Å². The largest absolute Gasteiger partial charge is 0.416 e. The molecule has 2 rings (SSSR count). The van der Waals surface area contributed by atoms with Gasteiger partial charge in [0, 0.05) is 35.4 Å². The van der Waals surface area contributed by atoms with E-state index in [1.54, 1.807) is 4.90 Å². The van der Waals surface area contributed by atoms with E-state index in [-0.39, 0.29) is 11.6 Å². The number of pyridine rings is 1. The molecule has 0 spiro atoms. The van der Waals surface area contributed by atoms with Crippen LogP contribution in [0.25, 0.3) is 0 Å². The van der Waals surface area contributed by atoms with E-state index in [9.17, 15) is 17.4 Å². The minimum Gasteiger partial charge on any atom is -0.384 e. The summed E-state index contributed by atoms with van der Waals surface area (Å²) in [6, 6.07) is 1.79. The molecule has 0 aliphatic carbocycles. The normalized spacial score (nSPS) is 18.1. The summed E-state index contributed by atoms with van der Waals surface area (Å²) in [5.41, 5.74) is 4.58. The van der Waals surface area contributed by atoms with Crippen LogP contribution in [0.3, 0.4) is 0 Å². The maximum absolute atomic E-state index is 12.6. The van der Waals surface area contributed by atoms with Crippen LogP contribution in [0.2, 0.25) is 0 Å². The van der Waals surface area contributed by atoms with E-state index in [1.807, 2.05) is 0 Å². The van der Waals surface area contributed by atoms with Gasteiger partial charge in [0.2, 0.25) is 0 Å². The van der Waals surface area contributed by atoms with E-state index in [0.29, 0.717) is 24.6 Å². The molecule has 0 saturated carbocycles. The molecule has 0 amide bonds. The lowest BCUT2D eigenvalue weighted by molar-refractivity contribution is -0.137. The van der Waals surface area contributed by atoms with Crippen molar-refractivity contribution in [1.29, 1.82) is 0 Å². The number of nitrogens with zero attached hydrogens (tertiary/aromatic N) is 2. The molecule has 0 radical (unpaired) electrons. The van der Waals surface area contributed by atoms with Gasteiger partial charge in [0.15, 0.2) is 0 Å². The summed E-state index contributed by atoms with van der Waals surface area (Å²) in [6.07, 6.45) is -4.44. The van der Waals surface area contributed by atoms with Crippen molar-refractivity contribution >= 4 is 22.4 Å². The third-order valence-corrected chi connectivity index (χ3v) is 3.94. The fourth-order valence-corrected chi connectivity index (χ4v) is 2.78. The van der Waals surface area contributed by atoms with Gasteiger partial charge in [0.05, 0.1) is 5.56 Å². The Balaban J connectivity index is 2.28. The molecular formula is C10H12F3N3OS. The Kier molecular flexibility index (Phi) is 3.47. The van der Waals surface area contributed by atoms with Crippen LogP contribution in [-0.2, 0) is 17.0 Å². The van der Waals surface area contributed by atoms with Crippen LogP contribution in [0, 0.1) is 0 Å². The highest BCUT2D eigenvalue weighted by Gasteiger charge is 2.32. The van der Waals surface area contributed by atoms with E-state index in [0.717, 1.165) is 12.1 Å². The summed E-state index contributed by atoms with van der Waals surface area (Å²) in [5.74, 6) is 0.917. The third kappa shape index (κ3) is 2.92. The summed E-state index contributed by atoms with van der Waals surface area (Å²) < 4.78 is 49.1. The molecular weight excluding hydrogens is 267 g/mol. The van der Waals surface area contributed by atoms with E-state index >= 15 is 0 Å². The van der Waals surface area contributed by atoms with Crippen molar-refractivity contribution in [2.24, 2.45) is 0 Å². The molecule has 0 unspecified atom stereocenters. The van der Waals surface area contributed by atoms with Crippen molar-refractivity contribution in [3.8, 4) is 0 Å². The lowest BCUT2D eigenvalue weighted by Crippen LogP contribution is -2.38. The molecule has 100 valence electrons. The van der Waals surface area contributed by atoms with Crippen molar-refractivity contribution in [3.05, 3.63) is 17.7 Å². The van der Waals surface area contributed by atoms with Crippen molar-refractivity contribution in [3.63, 3.8) is 0 Å². The van der Waals surface area contributed by atoms with Crippen LogP contribution in [0.15, 0.2) is 12.1 Å². The summed E-state index contributed by atoms with van der Waals surface area (Å²) in [6.45, 7) is 0.862. The topological polar surface area (TPSA) is 59.2 Å². The maximum Gasteiger partial charge on any atom is 0.416 e. The van der Waals surface area contributed by atoms with Crippen LogP contribution in [0.4, 0.5) is 24.8 Å². The van der Waals surface area contributed by atoms with Crippen molar-refractivity contribution in [1.82, 2.24) is 4.98 Å². The third-order valence-electron chi connectivity index (χ3n) is 2.66. The minimum atomic E-state index is -4.44. The highest BCUT2D eigenvalue weighted by atomic mass is 32.2. The van der Waals surface area contributed by atoms with Gasteiger partial charge in [-0.15, -0.1) is 0 Å². The van der Waals surface area contributed by atoms with Crippen LogP contribution in [0.5, 0.6) is 0 Å². The molecule has 18 heavy (non-hydrogen) atoms. The van der Waals surface area contributed by atoms with Gasteiger partial charge >= 0.3 is 6.18 Å². The fraction of sp³-hybridized carbons (Fsp3) is 0.500. The highest BCUT2D eigenvalue weighted by Crippen LogP contribution is 2.32. The van der Waals surface area contributed by atoms with E-state index in [2.05, 4.69) is 4.98 Å². The zero-order valence-corrected chi connectivity index (χ0v) is 10.2.